The Morgan fingerprint density at radius 3 is 3.00 bits per heavy atom. The van der Waals surface area contributed by atoms with Gasteiger partial charge < -0.3 is 15.2 Å². The van der Waals surface area contributed by atoms with E-state index in [2.05, 4.69) is 15.6 Å². The minimum absolute atomic E-state index is 0.0230. The molecule has 0 radical (unpaired) electrons. The van der Waals surface area contributed by atoms with E-state index < -0.39 is 0 Å². The molecule has 1 aromatic heterocycles. The van der Waals surface area contributed by atoms with Crippen molar-refractivity contribution in [3.63, 3.8) is 0 Å². The molecular weight excluding hydrogens is 204 g/mol. The number of rotatable bonds is 6. The molecule has 1 aliphatic rings. The van der Waals surface area contributed by atoms with Crippen LogP contribution in [0.1, 0.15) is 25.7 Å². The molecule has 1 heterocycles. The monoisotopic (exact) mass is 222 g/mol. The van der Waals surface area contributed by atoms with Crippen LogP contribution in [-0.2, 0) is 6.54 Å². The first-order valence-electron chi connectivity index (χ1n) is 5.85. The highest BCUT2D eigenvalue weighted by atomic mass is 16.2. The molecule has 1 aliphatic carbocycles. The van der Waals surface area contributed by atoms with Crippen LogP contribution in [0.25, 0.3) is 0 Å². The lowest BCUT2D eigenvalue weighted by atomic mass is 10.3. The molecule has 1 saturated carbocycles. The van der Waals surface area contributed by atoms with E-state index in [0.717, 1.165) is 38.8 Å². The highest BCUT2D eigenvalue weighted by Gasteiger charge is 2.22. The summed E-state index contributed by atoms with van der Waals surface area (Å²) in [6, 6.07) is 0.413. The highest BCUT2D eigenvalue weighted by Crippen LogP contribution is 2.18. The Morgan fingerprint density at radius 1 is 1.44 bits per heavy atom. The summed E-state index contributed by atoms with van der Waals surface area (Å²) in [6.45, 7) is 1.71. The van der Waals surface area contributed by atoms with E-state index in [4.69, 9.17) is 0 Å². The van der Waals surface area contributed by atoms with Crippen molar-refractivity contribution < 1.29 is 4.79 Å². The normalized spacial score (nSPS) is 14.8. The van der Waals surface area contributed by atoms with Gasteiger partial charge in [-0.15, -0.1) is 0 Å². The zero-order chi connectivity index (χ0) is 11.2. The van der Waals surface area contributed by atoms with Gasteiger partial charge in [-0.05, 0) is 25.7 Å². The Morgan fingerprint density at radius 2 is 2.31 bits per heavy atom. The third kappa shape index (κ3) is 3.92. The third-order valence-electron chi connectivity index (χ3n) is 2.60. The van der Waals surface area contributed by atoms with Gasteiger partial charge in [-0.3, -0.25) is 0 Å². The number of carbonyl (C=O) groups excluding carboxylic acids is 1. The second-order valence-corrected chi connectivity index (χ2v) is 4.18. The van der Waals surface area contributed by atoms with E-state index in [1.165, 1.54) is 0 Å². The van der Waals surface area contributed by atoms with Gasteiger partial charge in [-0.1, -0.05) is 0 Å². The number of nitrogens with one attached hydrogen (secondary N) is 2. The Kier molecular flexibility index (Phi) is 3.80. The molecular formula is C11H18N4O. The molecule has 0 unspecified atom stereocenters. The molecule has 0 saturated heterocycles. The van der Waals surface area contributed by atoms with Crippen LogP contribution in [0.5, 0.6) is 0 Å². The molecule has 1 aromatic rings. The summed E-state index contributed by atoms with van der Waals surface area (Å²) in [5, 5.41) is 5.75. The predicted octanol–water partition coefficient (Wildman–Crippen LogP) is 1.12. The standard InChI is InChI=1S/C11H18N4O/c16-11(14-10-3-4-10)13-5-1-2-7-15-8-6-12-9-15/h6,8-10H,1-5,7H2,(H2,13,14,16). The largest absolute Gasteiger partial charge is 0.338 e. The third-order valence-corrected chi connectivity index (χ3v) is 2.60. The molecule has 0 atom stereocenters. The Balaban J connectivity index is 1.46. The van der Waals surface area contributed by atoms with Gasteiger partial charge in [0, 0.05) is 31.5 Å². The van der Waals surface area contributed by atoms with Gasteiger partial charge >= 0.3 is 6.03 Å². The number of urea groups is 1. The van der Waals surface area contributed by atoms with Gasteiger partial charge in [0.25, 0.3) is 0 Å². The Bertz CT molecular complexity index is 319. The molecule has 0 aliphatic heterocycles. The fourth-order valence-electron chi connectivity index (χ4n) is 1.50. The first-order valence-corrected chi connectivity index (χ1v) is 5.85. The van der Waals surface area contributed by atoms with Crippen LogP contribution in [0, 0.1) is 0 Å². The zero-order valence-corrected chi connectivity index (χ0v) is 9.35. The molecule has 1 fully saturated rings. The van der Waals surface area contributed by atoms with E-state index in [0.29, 0.717) is 6.04 Å². The summed E-state index contributed by atoms with van der Waals surface area (Å²) < 4.78 is 2.05. The summed E-state index contributed by atoms with van der Waals surface area (Å²) in [4.78, 5) is 15.2. The number of amides is 2. The van der Waals surface area contributed by atoms with Crippen LogP contribution < -0.4 is 10.6 Å². The van der Waals surface area contributed by atoms with Crippen molar-refractivity contribution in [3.05, 3.63) is 18.7 Å². The average Bonchev–Trinajstić information content (AvgIpc) is 2.93. The van der Waals surface area contributed by atoms with Gasteiger partial charge in [-0.2, -0.15) is 0 Å². The molecule has 0 bridgehead atoms. The first-order chi connectivity index (χ1) is 7.84. The Hall–Kier alpha value is -1.52. The fraction of sp³-hybridized carbons (Fsp3) is 0.636. The fourth-order valence-corrected chi connectivity index (χ4v) is 1.50. The lowest BCUT2D eigenvalue weighted by Gasteiger charge is -2.06. The molecule has 2 rings (SSSR count). The van der Waals surface area contributed by atoms with E-state index >= 15 is 0 Å². The summed E-state index contributed by atoms with van der Waals surface area (Å²) in [7, 11) is 0. The number of hydrogen-bond donors (Lipinski definition) is 2. The number of carbonyl (C=O) groups is 1. The minimum Gasteiger partial charge on any atom is -0.338 e. The predicted molar refractivity (Wildman–Crippen MR) is 61.0 cm³/mol. The number of nitrogens with zero attached hydrogens (tertiary/aromatic N) is 2. The van der Waals surface area contributed by atoms with Crippen LogP contribution in [0.15, 0.2) is 18.7 Å². The molecule has 0 aromatic carbocycles. The number of unbranched alkanes of at least 4 members (excludes halogenated alkanes) is 1. The lowest BCUT2D eigenvalue weighted by molar-refractivity contribution is 0.240. The van der Waals surface area contributed by atoms with Crippen LogP contribution in [-0.4, -0.2) is 28.2 Å². The quantitative estimate of drug-likeness (QED) is 0.709. The van der Waals surface area contributed by atoms with Crippen molar-refractivity contribution in [2.45, 2.75) is 38.3 Å². The maximum atomic E-state index is 11.2. The summed E-state index contributed by atoms with van der Waals surface area (Å²) in [6.07, 6.45) is 9.86. The molecule has 2 N–H and O–H groups in total. The highest BCUT2D eigenvalue weighted by molar-refractivity contribution is 5.74. The summed E-state index contributed by atoms with van der Waals surface area (Å²) in [5.41, 5.74) is 0. The van der Waals surface area contributed by atoms with Crippen molar-refractivity contribution in [1.82, 2.24) is 20.2 Å². The van der Waals surface area contributed by atoms with Crippen LogP contribution in [0.3, 0.4) is 0 Å². The second-order valence-electron chi connectivity index (χ2n) is 4.18. The number of aryl methyl sites for hydroxylation is 1. The van der Waals surface area contributed by atoms with Gasteiger partial charge in [0.1, 0.15) is 0 Å². The zero-order valence-electron chi connectivity index (χ0n) is 9.35. The van der Waals surface area contributed by atoms with Crippen LogP contribution in [0.2, 0.25) is 0 Å². The lowest BCUT2D eigenvalue weighted by Crippen LogP contribution is -2.37. The minimum atomic E-state index is -0.0230. The van der Waals surface area contributed by atoms with Crippen molar-refractivity contribution in [2.24, 2.45) is 0 Å². The van der Waals surface area contributed by atoms with E-state index in [1.807, 2.05) is 17.1 Å². The maximum Gasteiger partial charge on any atom is 0.315 e. The number of imidazole rings is 1. The van der Waals surface area contributed by atoms with Crippen LogP contribution in [0.4, 0.5) is 4.79 Å². The van der Waals surface area contributed by atoms with Gasteiger partial charge in [0.2, 0.25) is 0 Å². The summed E-state index contributed by atoms with van der Waals surface area (Å²) in [5.74, 6) is 0. The topological polar surface area (TPSA) is 59.0 Å². The maximum absolute atomic E-state index is 11.2. The molecule has 5 nitrogen and oxygen atoms in total. The van der Waals surface area contributed by atoms with Gasteiger partial charge in [0.15, 0.2) is 0 Å². The van der Waals surface area contributed by atoms with Crippen molar-refractivity contribution in [1.29, 1.82) is 0 Å². The Labute approximate surface area is 95.2 Å². The van der Waals surface area contributed by atoms with Crippen molar-refractivity contribution >= 4 is 6.03 Å². The molecule has 16 heavy (non-hydrogen) atoms. The molecule has 2 amide bonds. The van der Waals surface area contributed by atoms with Crippen molar-refractivity contribution in [2.75, 3.05) is 6.54 Å². The van der Waals surface area contributed by atoms with Crippen LogP contribution >= 0.6 is 0 Å². The van der Waals surface area contributed by atoms with E-state index in [1.54, 1.807) is 6.20 Å². The number of aromatic nitrogens is 2. The second kappa shape index (κ2) is 5.53. The molecule has 88 valence electrons. The summed E-state index contributed by atoms with van der Waals surface area (Å²) >= 11 is 0. The average molecular weight is 222 g/mol. The molecule has 5 heteroatoms. The first kappa shape index (κ1) is 11.0. The SMILES string of the molecule is O=C(NCCCCn1ccnc1)NC1CC1. The van der Waals surface area contributed by atoms with Gasteiger partial charge in [-0.25, -0.2) is 9.78 Å². The van der Waals surface area contributed by atoms with E-state index in [-0.39, 0.29) is 6.03 Å². The van der Waals surface area contributed by atoms with E-state index in [9.17, 15) is 4.79 Å². The molecule has 0 spiro atoms. The van der Waals surface area contributed by atoms with Crippen molar-refractivity contribution in [3.8, 4) is 0 Å². The smallest absolute Gasteiger partial charge is 0.315 e. The van der Waals surface area contributed by atoms with Gasteiger partial charge in [0.05, 0.1) is 6.33 Å². The number of hydrogen-bond acceptors (Lipinski definition) is 2.